The Morgan fingerprint density at radius 2 is 1.94 bits per heavy atom. The van der Waals surface area contributed by atoms with E-state index >= 15 is 0 Å². The van der Waals surface area contributed by atoms with E-state index in [9.17, 15) is 4.79 Å². The van der Waals surface area contributed by atoms with Gasteiger partial charge in [-0.1, -0.05) is 37.6 Å². The molecule has 0 bridgehead atoms. The van der Waals surface area contributed by atoms with Crippen LogP contribution in [0.15, 0.2) is 36.7 Å². The van der Waals surface area contributed by atoms with Crippen molar-refractivity contribution in [3.05, 3.63) is 58.4 Å². The lowest BCUT2D eigenvalue weighted by atomic mass is 9.86. The topological polar surface area (TPSA) is 90.4 Å². The molecule has 4 rings (SSSR count). The van der Waals surface area contributed by atoms with E-state index < -0.39 is 5.91 Å². The van der Waals surface area contributed by atoms with E-state index in [0.717, 1.165) is 50.5 Å². The van der Waals surface area contributed by atoms with Crippen LogP contribution in [0.5, 0.6) is 0 Å². The molecule has 7 nitrogen and oxygen atoms in total. The van der Waals surface area contributed by atoms with E-state index in [0.29, 0.717) is 23.7 Å². The van der Waals surface area contributed by atoms with Crippen molar-refractivity contribution in [1.29, 1.82) is 0 Å². The molecule has 2 aliphatic rings. The monoisotopic (exact) mass is 469 g/mol. The second-order valence-corrected chi connectivity index (χ2v) is 9.67. The van der Waals surface area contributed by atoms with E-state index in [-0.39, 0.29) is 5.56 Å². The number of aromatic nitrogens is 2. The molecule has 176 valence electrons. The Morgan fingerprint density at radius 3 is 2.64 bits per heavy atom. The Labute approximate surface area is 200 Å². The highest BCUT2D eigenvalue weighted by Crippen LogP contribution is 2.37. The number of nitrogens with zero attached hydrogens (tertiary/aromatic N) is 3. The minimum atomic E-state index is -0.607. The summed E-state index contributed by atoms with van der Waals surface area (Å²) in [5.41, 5.74) is 5.87. The number of amides is 1. The molecule has 1 saturated heterocycles. The number of nitrogens with one attached hydrogen (secondary N) is 2. The van der Waals surface area contributed by atoms with Crippen LogP contribution in [0.25, 0.3) is 5.57 Å². The summed E-state index contributed by atoms with van der Waals surface area (Å²) in [6.07, 6.45) is 8.47. The van der Waals surface area contributed by atoms with E-state index in [1.165, 1.54) is 29.1 Å². The largest absolute Gasteiger partial charge is 0.341 e. The first kappa shape index (κ1) is 23.7. The summed E-state index contributed by atoms with van der Waals surface area (Å²) in [5.74, 6) is 1.75. The zero-order valence-corrected chi connectivity index (χ0v) is 20.0. The number of carbonyl (C=O) groups is 1. The van der Waals surface area contributed by atoms with Crippen LogP contribution < -0.4 is 15.7 Å². The fraction of sp³-hybridized carbons (Fsp3) is 0.480. The Bertz CT molecular complexity index is 1000. The second kappa shape index (κ2) is 10.6. The summed E-state index contributed by atoms with van der Waals surface area (Å²) < 4.78 is 0. The zero-order valence-electron chi connectivity index (χ0n) is 19.2. The minimum absolute atomic E-state index is 0.236. The summed E-state index contributed by atoms with van der Waals surface area (Å²) in [6.45, 7) is 8.23. The molecule has 2 heterocycles. The molecule has 33 heavy (non-hydrogen) atoms. The Morgan fingerprint density at radius 1 is 1.21 bits per heavy atom. The molecule has 1 unspecified atom stereocenters. The van der Waals surface area contributed by atoms with Crippen molar-refractivity contribution in [3.63, 3.8) is 0 Å². The number of halogens is 1. The van der Waals surface area contributed by atoms with Crippen molar-refractivity contribution in [2.24, 2.45) is 11.8 Å². The van der Waals surface area contributed by atoms with E-state index in [2.05, 4.69) is 52.2 Å². The molecule has 1 aliphatic carbocycles. The molecule has 1 amide bonds. The van der Waals surface area contributed by atoms with Gasteiger partial charge in [-0.15, -0.1) is 0 Å². The van der Waals surface area contributed by atoms with Gasteiger partial charge in [0.25, 0.3) is 5.91 Å². The van der Waals surface area contributed by atoms with Gasteiger partial charge in [-0.3, -0.25) is 10.0 Å². The zero-order chi connectivity index (χ0) is 23.4. The van der Waals surface area contributed by atoms with Gasteiger partial charge >= 0.3 is 0 Å². The van der Waals surface area contributed by atoms with Gasteiger partial charge in [-0.25, -0.2) is 15.4 Å². The van der Waals surface area contributed by atoms with Crippen LogP contribution in [0.4, 0.5) is 5.95 Å². The number of hydrogen-bond donors (Lipinski definition) is 3. The van der Waals surface area contributed by atoms with Crippen molar-refractivity contribution in [2.45, 2.75) is 39.0 Å². The lowest BCUT2D eigenvalue weighted by Crippen LogP contribution is -2.38. The molecule has 1 fully saturated rings. The van der Waals surface area contributed by atoms with Crippen LogP contribution in [0.1, 0.15) is 60.5 Å². The molecule has 0 saturated carbocycles. The smallest absolute Gasteiger partial charge is 0.277 e. The second-order valence-electron chi connectivity index (χ2n) is 9.24. The molecule has 3 N–H and O–H groups in total. The quantitative estimate of drug-likeness (QED) is 0.432. The van der Waals surface area contributed by atoms with Gasteiger partial charge in [-0.2, -0.15) is 0 Å². The molecule has 1 aromatic carbocycles. The maximum atomic E-state index is 11.4. The normalized spacial score (nSPS) is 21.2. The number of rotatable bonds is 6. The van der Waals surface area contributed by atoms with Gasteiger partial charge < -0.3 is 10.2 Å². The summed E-state index contributed by atoms with van der Waals surface area (Å²) in [5, 5.41) is 13.2. The number of piperidine rings is 1. The first-order valence-electron chi connectivity index (χ1n) is 11.7. The van der Waals surface area contributed by atoms with Gasteiger partial charge in [0.05, 0.1) is 5.56 Å². The number of benzene rings is 1. The number of anilines is 1. The summed E-state index contributed by atoms with van der Waals surface area (Å²) in [6, 6.07) is 6.32. The first-order valence-corrected chi connectivity index (χ1v) is 12.0. The summed E-state index contributed by atoms with van der Waals surface area (Å²) >= 11 is 6.34. The molecular formula is C25H32ClN5O2. The SMILES string of the molecule is CC1CC=C(CNCC2CCN(c3ncc(C(=O)NO)cn3)CC2)c2cc(Cl)ccc2[C@H]1C. The van der Waals surface area contributed by atoms with Crippen molar-refractivity contribution in [1.82, 2.24) is 20.8 Å². The van der Waals surface area contributed by atoms with Crippen LogP contribution in [0.2, 0.25) is 5.02 Å². The van der Waals surface area contributed by atoms with Crippen molar-refractivity contribution < 1.29 is 10.0 Å². The Kier molecular flexibility index (Phi) is 7.63. The molecular weight excluding hydrogens is 438 g/mol. The predicted octanol–water partition coefficient (Wildman–Crippen LogP) is 4.28. The third kappa shape index (κ3) is 5.54. The van der Waals surface area contributed by atoms with Gasteiger partial charge in [0.15, 0.2) is 0 Å². The predicted molar refractivity (Wildman–Crippen MR) is 131 cm³/mol. The lowest BCUT2D eigenvalue weighted by molar-refractivity contribution is 0.0705. The van der Waals surface area contributed by atoms with E-state index in [1.807, 2.05) is 6.07 Å². The van der Waals surface area contributed by atoms with Crippen LogP contribution >= 0.6 is 11.6 Å². The first-order chi connectivity index (χ1) is 16.0. The average Bonchev–Trinajstić information content (AvgIpc) is 2.96. The molecule has 2 atom stereocenters. The van der Waals surface area contributed by atoms with Gasteiger partial charge in [-0.05, 0) is 72.4 Å². The van der Waals surface area contributed by atoms with Crippen molar-refractivity contribution in [2.75, 3.05) is 31.1 Å². The van der Waals surface area contributed by atoms with E-state index in [4.69, 9.17) is 16.8 Å². The highest BCUT2D eigenvalue weighted by atomic mass is 35.5. The van der Waals surface area contributed by atoms with Crippen molar-refractivity contribution >= 4 is 29.0 Å². The number of carbonyl (C=O) groups excluding carboxylic acids is 1. The Balaban J connectivity index is 1.30. The summed E-state index contributed by atoms with van der Waals surface area (Å²) in [4.78, 5) is 22.1. The van der Waals surface area contributed by atoms with Gasteiger partial charge in [0.2, 0.25) is 5.95 Å². The van der Waals surface area contributed by atoms with E-state index in [1.54, 1.807) is 5.48 Å². The maximum absolute atomic E-state index is 11.4. The van der Waals surface area contributed by atoms with Crippen LogP contribution in [0.3, 0.4) is 0 Å². The van der Waals surface area contributed by atoms with Crippen LogP contribution in [0, 0.1) is 11.8 Å². The van der Waals surface area contributed by atoms with Gasteiger partial charge in [0.1, 0.15) is 0 Å². The summed E-state index contributed by atoms with van der Waals surface area (Å²) in [7, 11) is 0. The third-order valence-corrected chi connectivity index (χ3v) is 7.32. The highest BCUT2D eigenvalue weighted by molar-refractivity contribution is 6.30. The standard InChI is InChI=1S/C25H32ClN5O2/c1-16-3-4-19(23-11-21(26)5-6-22(23)17(16)2)13-27-12-18-7-9-31(10-8-18)25-28-14-20(15-29-25)24(32)30-33/h4-6,11,14-18,27,33H,3,7-10,12-13H2,1-2H3,(H,30,32)/t16?,17-/m0/s1. The highest BCUT2D eigenvalue weighted by Gasteiger charge is 2.24. The van der Waals surface area contributed by atoms with Crippen molar-refractivity contribution in [3.8, 4) is 0 Å². The maximum Gasteiger partial charge on any atom is 0.277 e. The van der Waals surface area contributed by atoms with Crippen LogP contribution in [-0.2, 0) is 0 Å². The van der Waals surface area contributed by atoms with Crippen LogP contribution in [-0.4, -0.2) is 47.3 Å². The molecule has 0 spiro atoms. The third-order valence-electron chi connectivity index (χ3n) is 7.09. The molecule has 8 heteroatoms. The molecule has 1 aliphatic heterocycles. The lowest BCUT2D eigenvalue weighted by Gasteiger charge is -2.32. The molecule has 0 radical (unpaired) electrons. The minimum Gasteiger partial charge on any atom is -0.341 e. The molecule has 1 aromatic heterocycles. The number of hydrogen-bond acceptors (Lipinski definition) is 6. The molecule has 2 aromatic rings. The number of hydroxylamine groups is 1. The number of allylic oxidation sites excluding steroid dienone is 1. The fourth-order valence-corrected chi connectivity index (χ4v) is 4.91. The fourth-order valence-electron chi connectivity index (χ4n) is 4.73. The average molecular weight is 470 g/mol. The number of fused-ring (bicyclic) bond motifs is 1. The van der Waals surface area contributed by atoms with Gasteiger partial charge in [0, 0.05) is 37.1 Å². The Hall–Kier alpha value is -2.48.